The molecule has 38 heavy (non-hydrogen) atoms. The van der Waals surface area contributed by atoms with Gasteiger partial charge < -0.3 is 19.7 Å². The van der Waals surface area contributed by atoms with Crippen molar-refractivity contribution in [2.24, 2.45) is 11.0 Å². The zero-order chi connectivity index (χ0) is 27.5. The van der Waals surface area contributed by atoms with Crippen molar-refractivity contribution in [3.63, 3.8) is 0 Å². The smallest absolute Gasteiger partial charge is 0.342 e. The fraction of sp³-hybridized carbons (Fsp3) is 0.643. The molecule has 10 heteroatoms. The fourth-order valence-electron chi connectivity index (χ4n) is 4.46. The molecular weight excluding hydrogens is 504 g/mol. The predicted molar refractivity (Wildman–Crippen MR) is 150 cm³/mol. The Labute approximate surface area is 230 Å². The van der Waals surface area contributed by atoms with Gasteiger partial charge in [-0.25, -0.2) is 4.79 Å². The number of hydrogen-bond acceptors (Lipinski definition) is 8. The van der Waals surface area contributed by atoms with Crippen LogP contribution in [-0.2, 0) is 25.7 Å². The number of ether oxygens (including phenoxy) is 2. The van der Waals surface area contributed by atoms with E-state index in [-0.39, 0.29) is 24.6 Å². The molecule has 0 radical (unpaired) electrons. The average molecular weight is 547 g/mol. The molecule has 1 heterocycles. The number of Topliss-reactive ketones (excluding diaryl/α,β-unsaturated/α-hetero) is 2. The van der Waals surface area contributed by atoms with Gasteiger partial charge in [0.2, 0.25) is 0 Å². The third-order valence-corrected chi connectivity index (χ3v) is 7.58. The summed E-state index contributed by atoms with van der Waals surface area (Å²) in [6.45, 7) is 5.11. The van der Waals surface area contributed by atoms with E-state index in [9.17, 15) is 14.4 Å². The first-order chi connectivity index (χ1) is 18.2. The van der Waals surface area contributed by atoms with Gasteiger partial charge in [0.05, 0.1) is 6.61 Å². The van der Waals surface area contributed by atoms with Crippen LogP contribution < -0.4 is 5.32 Å². The highest BCUT2D eigenvalue weighted by Gasteiger charge is 2.45. The molecule has 1 fully saturated rings. The molecule has 2 amide bonds. The van der Waals surface area contributed by atoms with Crippen LogP contribution >= 0.6 is 11.8 Å². The van der Waals surface area contributed by atoms with Crippen molar-refractivity contribution in [2.45, 2.75) is 77.2 Å². The zero-order valence-electron chi connectivity index (χ0n) is 23.1. The summed E-state index contributed by atoms with van der Waals surface area (Å²) < 4.78 is 11.6. The van der Waals surface area contributed by atoms with E-state index in [1.54, 1.807) is 0 Å². The quantitative estimate of drug-likeness (QED) is 0.391. The number of thioether (sulfide) groups is 1. The Bertz CT molecular complexity index is 963. The van der Waals surface area contributed by atoms with Gasteiger partial charge >= 0.3 is 6.03 Å². The van der Waals surface area contributed by atoms with E-state index in [0.29, 0.717) is 42.8 Å². The molecule has 1 aromatic carbocycles. The minimum atomic E-state index is -1.12. The molecule has 3 rings (SSSR count). The molecule has 1 unspecified atom stereocenters. The summed E-state index contributed by atoms with van der Waals surface area (Å²) in [6, 6.07) is 9.08. The Kier molecular flexibility index (Phi) is 11.6. The van der Waals surface area contributed by atoms with Gasteiger partial charge in [-0.15, -0.1) is 5.10 Å². The van der Waals surface area contributed by atoms with Gasteiger partial charge in [0, 0.05) is 18.7 Å². The molecule has 1 aromatic rings. The van der Waals surface area contributed by atoms with Gasteiger partial charge in [-0.2, -0.15) is 5.01 Å². The number of carbonyl (C=O) groups is 3. The first-order valence-electron chi connectivity index (χ1n) is 13.5. The van der Waals surface area contributed by atoms with E-state index in [1.165, 1.54) is 11.8 Å². The van der Waals surface area contributed by atoms with Crippen molar-refractivity contribution < 1.29 is 23.9 Å². The Morgan fingerprint density at radius 1 is 1.18 bits per heavy atom. The van der Waals surface area contributed by atoms with Crippen LogP contribution in [0.25, 0.3) is 0 Å². The Morgan fingerprint density at radius 3 is 2.55 bits per heavy atom. The summed E-state index contributed by atoms with van der Waals surface area (Å²) in [5.41, 5.74) is -0.0684. The molecule has 1 N–H and O–H groups in total. The van der Waals surface area contributed by atoms with Crippen LogP contribution in [0.2, 0.25) is 0 Å². The van der Waals surface area contributed by atoms with Crippen molar-refractivity contribution in [1.82, 2.24) is 15.2 Å². The van der Waals surface area contributed by atoms with Gasteiger partial charge in [-0.05, 0) is 44.8 Å². The van der Waals surface area contributed by atoms with Crippen LogP contribution in [0.5, 0.6) is 0 Å². The zero-order valence-corrected chi connectivity index (χ0v) is 23.9. The highest BCUT2D eigenvalue weighted by Crippen LogP contribution is 2.31. The lowest BCUT2D eigenvalue weighted by Gasteiger charge is -2.37. The fourth-order valence-corrected chi connectivity index (χ4v) is 5.40. The third kappa shape index (κ3) is 8.81. The van der Waals surface area contributed by atoms with Gasteiger partial charge in [-0.1, -0.05) is 75.2 Å². The number of hydrogen-bond donors (Lipinski definition) is 1. The van der Waals surface area contributed by atoms with Crippen LogP contribution in [0.4, 0.5) is 4.79 Å². The molecule has 2 aliphatic rings. The Morgan fingerprint density at radius 2 is 1.89 bits per heavy atom. The Balaban J connectivity index is 1.70. The van der Waals surface area contributed by atoms with E-state index < -0.39 is 17.8 Å². The molecule has 0 aromatic heterocycles. The van der Waals surface area contributed by atoms with Crippen molar-refractivity contribution in [2.75, 3.05) is 33.0 Å². The second kappa shape index (κ2) is 14.6. The van der Waals surface area contributed by atoms with Crippen molar-refractivity contribution in [3.8, 4) is 0 Å². The van der Waals surface area contributed by atoms with Crippen LogP contribution in [0.3, 0.4) is 0 Å². The average Bonchev–Trinajstić information content (AvgIpc) is 3.32. The molecule has 0 spiro atoms. The number of ketones is 2. The molecule has 1 aliphatic carbocycles. The molecule has 210 valence electrons. The number of nitrogens with zero attached hydrogens (tertiary/aromatic N) is 3. The van der Waals surface area contributed by atoms with Crippen LogP contribution in [0, 0.1) is 5.92 Å². The van der Waals surface area contributed by atoms with Gasteiger partial charge in [-0.3, -0.25) is 9.59 Å². The van der Waals surface area contributed by atoms with Crippen LogP contribution in [0.1, 0.15) is 64.4 Å². The van der Waals surface area contributed by atoms with Gasteiger partial charge in [0.25, 0.3) is 11.5 Å². The molecule has 0 bridgehead atoms. The number of rotatable bonds is 13. The monoisotopic (exact) mass is 546 g/mol. The highest BCUT2D eigenvalue weighted by atomic mass is 32.2. The number of urea groups is 1. The molecule has 1 atom stereocenters. The maximum atomic E-state index is 13.6. The number of benzene rings is 1. The highest BCUT2D eigenvalue weighted by molar-refractivity contribution is 8.13. The van der Waals surface area contributed by atoms with E-state index in [1.807, 2.05) is 63.2 Å². The third-order valence-electron chi connectivity index (χ3n) is 6.77. The summed E-state index contributed by atoms with van der Waals surface area (Å²) >= 11 is 1.36. The second-order valence-corrected chi connectivity index (χ2v) is 11.8. The minimum absolute atomic E-state index is 0.0999. The molecule has 0 saturated heterocycles. The predicted octanol–water partition coefficient (Wildman–Crippen LogP) is 4.41. The lowest BCUT2D eigenvalue weighted by Crippen LogP contribution is -2.60. The lowest BCUT2D eigenvalue weighted by atomic mass is 9.78. The largest absolute Gasteiger partial charge is 0.438 e. The van der Waals surface area contributed by atoms with E-state index in [2.05, 4.69) is 10.4 Å². The van der Waals surface area contributed by atoms with Gasteiger partial charge in [0.15, 0.2) is 11.6 Å². The summed E-state index contributed by atoms with van der Waals surface area (Å²) in [7, 11) is 3.94. The first kappa shape index (κ1) is 30.1. The minimum Gasteiger partial charge on any atom is -0.438 e. The number of amides is 2. The maximum Gasteiger partial charge on any atom is 0.342 e. The molecule has 1 saturated carbocycles. The summed E-state index contributed by atoms with van der Waals surface area (Å²) in [5, 5.41) is 8.72. The summed E-state index contributed by atoms with van der Waals surface area (Å²) in [4.78, 5) is 42.1. The van der Waals surface area contributed by atoms with Crippen LogP contribution in [-0.4, -0.2) is 77.5 Å². The van der Waals surface area contributed by atoms with Crippen LogP contribution in [0.15, 0.2) is 35.4 Å². The molecule has 9 nitrogen and oxygen atoms in total. The van der Waals surface area contributed by atoms with E-state index >= 15 is 0 Å². The Hall–Kier alpha value is -2.43. The lowest BCUT2D eigenvalue weighted by molar-refractivity contribution is -0.132. The normalized spacial score (nSPS) is 18.8. The van der Waals surface area contributed by atoms with Crippen molar-refractivity contribution >= 4 is 34.6 Å². The van der Waals surface area contributed by atoms with Crippen molar-refractivity contribution in [1.29, 1.82) is 0 Å². The first-order valence-corrected chi connectivity index (χ1v) is 14.5. The van der Waals surface area contributed by atoms with Crippen molar-refractivity contribution in [3.05, 3.63) is 35.9 Å². The number of hydrazone groups is 1. The number of carbonyl (C=O) groups excluding carboxylic acids is 3. The molecular formula is C28H42N4O5S. The summed E-state index contributed by atoms with van der Waals surface area (Å²) in [5.74, 6) is 0.691. The summed E-state index contributed by atoms with van der Waals surface area (Å²) in [6.07, 6.45) is 3.57. The SMILES string of the molecule is CC(C)CCC(=O)C1OC(SCCN(C)C)=NN1C(=O)NC1(C(=O)COCc2ccccc2)CCCCC1. The number of nitrogens with one attached hydrogen (secondary N) is 1. The standard InChI is InChI=1S/C28H42N4O5S/c1-21(2)13-14-23(33)25-32(30-27(37-25)38-18-17-31(3)4)26(35)29-28(15-9-6-10-16-28)24(34)20-36-19-22-11-7-5-8-12-22/h5,7-8,11-12,21,25H,6,9-10,13-20H2,1-4H3,(H,29,35). The second-order valence-electron chi connectivity index (χ2n) is 10.7. The topological polar surface area (TPSA) is 101 Å². The van der Waals surface area contributed by atoms with Gasteiger partial charge in [0.1, 0.15) is 12.1 Å². The maximum absolute atomic E-state index is 13.6. The van der Waals surface area contributed by atoms with E-state index in [0.717, 1.165) is 36.4 Å². The molecule has 1 aliphatic heterocycles. The van der Waals surface area contributed by atoms with E-state index in [4.69, 9.17) is 9.47 Å².